The number of amides is 3. The van der Waals surface area contributed by atoms with Crippen LogP contribution in [0, 0.1) is 0 Å². The van der Waals surface area contributed by atoms with Crippen LogP contribution in [0.15, 0.2) is 36.4 Å². The molecule has 0 saturated carbocycles. The summed E-state index contributed by atoms with van der Waals surface area (Å²) < 4.78 is 39.8. The molecule has 1 aliphatic heterocycles. The number of carbonyl (C=O) groups excluding carboxylic acids is 2. The number of aromatic nitrogens is 2. The van der Waals surface area contributed by atoms with Crippen LogP contribution < -0.4 is 15.5 Å². The number of halogens is 3. The van der Waals surface area contributed by atoms with Gasteiger partial charge in [-0.15, -0.1) is 10.2 Å². The Bertz CT molecular complexity index is 976. The predicted octanol–water partition coefficient (Wildman–Crippen LogP) is 4.55. The van der Waals surface area contributed by atoms with E-state index in [-0.39, 0.29) is 24.7 Å². The second-order valence-electron chi connectivity index (χ2n) is 8.39. The van der Waals surface area contributed by atoms with Crippen LogP contribution in [0.4, 0.5) is 29.6 Å². The molecule has 8 nitrogen and oxygen atoms in total. The molecule has 2 heterocycles. The van der Waals surface area contributed by atoms with Gasteiger partial charge in [-0.25, -0.2) is 4.79 Å². The van der Waals surface area contributed by atoms with Gasteiger partial charge >= 0.3 is 12.2 Å². The largest absolute Gasteiger partial charge is 0.417 e. The summed E-state index contributed by atoms with van der Waals surface area (Å²) in [5.41, 5.74) is -1.27. The molecule has 1 aromatic heterocycles. The fraction of sp³-hybridized carbons (Fsp3) is 0.500. The number of hydrogen-bond donors (Lipinski definition) is 2. The zero-order chi connectivity index (χ0) is 25.3. The first-order valence-electron chi connectivity index (χ1n) is 11.9. The third kappa shape index (κ3) is 7.56. The van der Waals surface area contributed by atoms with Gasteiger partial charge in [0.2, 0.25) is 0 Å². The molecular weight excluding hydrogens is 461 g/mol. The SMILES string of the molecule is CCCCCCCNC(=O)Nc1ccc(N2CCN(C(=O)c3ccccc3C(F)(F)F)CC2)nn1. The molecule has 0 aliphatic carbocycles. The number of carbonyl (C=O) groups is 2. The molecule has 2 aromatic rings. The zero-order valence-corrected chi connectivity index (χ0v) is 19.8. The molecule has 190 valence electrons. The maximum atomic E-state index is 13.3. The normalized spacial score (nSPS) is 14.1. The van der Waals surface area contributed by atoms with Gasteiger partial charge in [-0.1, -0.05) is 44.7 Å². The molecule has 0 radical (unpaired) electrons. The Morgan fingerprint density at radius 1 is 0.943 bits per heavy atom. The molecule has 3 amide bonds. The quantitative estimate of drug-likeness (QED) is 0.502. The minimum Gasteiger partial charge on any atom is -0.352 e. The van der Waals surface area contributed by atoms with Crippen molar-refractivity contribution in [1.29, 1.82) is 0 Å². The van der Waals surface area contributed by atoms with Crippen molar-refractivity contribution in [1.82, 2.24) is 20.4 Å². The van der Waals surface area contributed by atoms with Crippen molar-refractivity contribution in [2.24, 2.45) is 0 Å². The third-order valence-electron chi connectivity index (χ3n) is 5.81. The van der Waals surface area contributed by atoms with Crippen molar-refractivity contribution in [2.75, 3.05) is 42.9 Å². The number of urea groups is 1. The fourth-order valence-electron chi connectivity index (χ4n) is 3.88. The predicted molar refractivity (Wildman–Crippen MR) is 127 cm³/mol. The highest BCUT2D eigenvalue weighted by atomic mass is 19.4. The van der Waals surface area contributed by atoms with E-state index in [1.807, 2.05) is 4.90 Å². The van der Waals surface area contributed by atoms with Crippen LogP contribution in [0.2, 0.25) is 0 Å². The lowest BCUT2D eigenvalue weighted by molar-refractivity contribution is -0.138. The maximum Gasteiger partial charge on any atom is 0.417 e. The summed E-state index contributed by atoms with van der Waals surface area (Å²) in [6.07, 6.45) is 0.948. The van der Waals surface area contributed by atoms with Gasteiger partial charge in [-0.05, 0) is 30.7 Å². The van der Waals surface area contributed by atoms with E-state index in [1.54, 1.807) is 12.1 Å². The number of unbranched alkanes of at least 4 members (excludes halogenated alkanes) is 4. The van der Waals surface area contributed by atoms with Crippen molar-refractivity contribution >= 4 is 23.6 Å². The summed E-state index contributed by atoms with van der Waals surface area (Å²) in [5.74, 6) is 0.240. The fourth-order valence-corrected chi connectivity index (χ4v) is 3.88. The summed E-state index contributed by atoms with van der Waals surface area (Å²) in [4.78, 5) is 28.0. The van der Waals surface area contributed by atoms with Crippen LogP contribution in [-0.2, 0) is 6.18 Å². The number of nitrogens with one attached hydrogen (secondary N) is 2. The van der Waals surface area contributed by atoms with Crippen LogP contribution in [-0.4, -0.2) is 59.8 Å². The Labute approximate surface area is 202 Å². The van der Waals surface area contributed by atoms with E-state index in [0.29, 0.717) is 31.3 Å². The lowest BCUT2D eigenvalue weighted by atomic mass is 10.1. The molecule has 11 heteroatoms. The van der Waals surface area contributed by atoms with E-state index in [1.165, 1.54) is 35.9 Å². The van der Waals surface area contributed by atoms with E-state index in [9.17, 15) is 22.8 Å². The summed E-state index contributed by atoms with van der Waals surface area (Å²) in [6.45, 7) is 4.07. The average molecular weight is 493 g/mol. The van der Waals surface area contributed by atoms with Crippen molar-refractivity contribution in [3.05, 3.63) is 47.5 Å². The molecular formula is C24H31F3N6O2. The topological polar surface area (TPSA) is 90.5 Å². The monoisotopic (exact) mass is 492 g/mol. The molecule has 35 heavy (non-hydrogen) atoms. The van der Waals surface area contributed by atoms with Crippen molar-refractivity contribution < 1.29 is 22.8 Å². The lowest BCUT2D eigenvalue weighted by Gasteiger charge is -2.35. The molecule has 0 spiro atoms. The van der Waals surface area contributed by atoms with Crippen LogP contribution in [0.25, 0.3) is 0 Å². The zero-order valence-electron chi connectivity index (χ0n) is 19.8. The number of anilines is 2. The molecule has 3 rings (SSSR count). The smallest absolute Gasteiger partial charge is 0.352 e. The Hall–Kier alpha value is -3.37. The van der Waals surface area contributed by atoms with Gasteiger partial charge in [0, 0.05) is 32.7 Å². The maximum absolute atomic E-state index is 13.3. The van der Waals surface area contributed by atoms with E-state index in [0.717, 1.165) is 25.3 Å². The van der Waals surface area contributed by atoms with E-state index < -0.39 is 17.6 Å². The molecule has 0 bridgehead atoms. The minimum atomic E-state index is -4.59. The second kappa shape index (κ2) is 12.4. The van der Waals surface area contributed by atoms with Gasteiger partial charge in [0.25, 0.3) is 5.91 Å². The lowest BCUT2D eigenvalue weighted by Crippen LogP contribution is -2.49. The van der Waals surface area contributed by atoms with E-state index >= 15 is 0 Å². The third-order valence-corrected chi connectivity index (χ3v) is 5.81. The van der Waals surface area contributed by atoms with Crippen LogP contribution in [0.5, 0.6) is 0 Å². The van der Waals surface area contributed by atoms with Gasteiger partial charge < -0.3 is 15.1 Å². The number of nitrogens with zero attached hydrogens (tertiary/aromatic N) is 4. The first kappa shape index (κ1) is 26.2. The first-order chi connectivity index (χ1) is 16.8. The standard InChI is InChI=1S/C24H31F3N6O2/c1-2-3-4-5-8-13-28-23(35)29-20-11-12-21(31-30-20)32-14-16-33(17-15-32)22(34)18-9-6-7-10-19(18)24(25,26)27/h6-7,9-12H,2-5,8,13-17H2,1H3,(H2,28,29,30,35). The highest BCUT2D eigenvalue weighted by Gasteiger charge is 2.36. The number of rotatable bonds is 9. The molecule has 1 saturated heterocycles. The van der Waals surface area contributed by atoms with Crippen molar-refractivity contribution in [3.8, 4) is 0 Å². The highest BCUT2D eigenvalue weighted by molar-refractivity contribution is 5.96. The van der Waals surface area contributed by atoms with E-state index in [4.69, 9.17) is 0 Å². The van der Waals surface area contributed by atoms with Gasteiger partial charge in [-0.3, -0.25) is 10.1 Å². The van der Waals surface area contributed by atoms with Crippen LogP contribution in [0.3, 0.4) is 0 Å². The van der Waals surface area contributed by atoms with E-state index in [2.05, 4.69) is 27.8 Å². The van der Waals surface area contributed by atoms with Crippen LogP contribution in [0.1, 0.15) is 54.9 Å². The Morgan fingerprint density at radius 3 is 2.31 bits per heavy atom. The highest BCUT2D eigenvalue weighted by Crippen LogP contribution is 2.32. The molecule has 1 fully saturated rings. The molecule has 0 unspecified atom stereocenters. The summed E-state index contributed by atoms with van der Waals surface area (Å²) >= 11 is 0. The Balaban J connectivity index is 1.47. The molecule has 2 N–H and O–H groups in total. The van der Waals surface area contributed by atoms with Crippen LogP contribution >= 0.6 is 0 Å². The number of alkyl halides is 3. The van der Waals surface area contributed by atoms with Gasteiger partial charge in [0.15, 0.2) is 11.6 Å². The average Bonchev–Trinajstić information content (AvgIpc) is 2.86. The minimum absolute atomic E-state index is 0.257. The van der Waals surface area contributed by atoms with Crippen molar-refractivity contribution in [3.63, 3.8) is 0 Å². The molecule has 0 atom stereocenters. The number of piperazine rings is 1. The number of benzene rings is 1. The summed E-state index contributed by atoms with van der Waals surface area (Å²) in [7, 11) is 0. The first-order valence-corrected chi connectivity index (χ1v) is 11.9. The second-order valence-corrected chi connectivity index (χ2v) is 8.39. The molecule has 1 aliphatic rings. The van der Waals surface area contributed by atoms with Gasteiger partial charge in [0.05, 0.1) is 11.1 Å². The molecule has 1 aromatic carbocycles. The van der Waals surface area contributed by atoms with Crippen molar-refractivity contribution in [2.45, 2.75) is 45.2 Å². The summed E-state index contributed by atoms with van der Waals surface area (Å²) in [6, 6.07) is 7.84. The van der Waals surface area contributed by atoms with Gasteiger partial charge in [0.1, 0.15) is 0 Å². The number of hydrogen-bond acceptors (Lipinski definition) is 5. The summed E-state index contributed by atoms with van der Waals surface area (Å²) in [5, 5.41) is 13.6. The Morgan fingerprint density at radius 2 is 1.66 bits per heavy atom. The Kier molecular flexibility index (Phi) is 9.27. The van der Waals surface area contributed by atoms with Gasteiger partial charge in [-0.2, -0.15) is 13.2 Å².